The first-order valence-electron chi connectivity index (χ1n) is 12.4. The highest BCUT2D eigenvalue weighted by atomic mass is 32.2. The van der Waals surface area contributed by atoms with E-state index in [-0.39, 0.29) is 17.3 Å². The fraction of sp³-hybridized carbons (Fsp3) is 0.310. The molecule has 0 unspecified atom stereocenters. The van der Waals surface area contributed by atoms with Gasteiger partial charge in [-0.1, -0.05) is 60.7 Å². The SMILES string of the molecule is CCNC(=O)[C@H](C)N(CCc1ccccc1)C(=O)CN(c1cc(C)ccc1C)S(=O)(=O)c1ccccc1. The quantitative estimate of drug-likeness (QED) is 0.412. The maximum absolute atomic E-state index is 13.8. The molecule has 7 nitrogen and oxygen atoms in total. The molecule has 0 heterocycles. The van der Waals surface area contributed by atoms with Gasteiger partial charge in [0, 0.05) is 13.1 Å². The summed E-state index contributed by atoms with van der Waals surface area (Å²) < 4.78 is 28.8. The van der Waals surface area contributed by atoms with Gasteiger partial charge in [0.25, 0.3) is 10.0 Å². The summed E-state index contributed by atoms with van der Waals surface area (Å²) in [6.07, 6.45) is 0.533. The zero-order valence-corrected chi connectivity index (χ0v) is 22.7. The molecule has 37 heavy (non-hydrogen) atoms. The first kappa shape index (κ1) is 27.9. The van der Waals surface area contributed by atoms with Gasteiger partial charge in [-0.2, -0.15) is 0 Å². The Hall–Kier alpha value is -3.65. The average Bonchev–Trinajstić information content (AvgIpc) is 2.90. The third-order valence-corrected chi connectivity index (χ3v) is 8.02. The van der Waals surface area contributed by atoms with E-state index in [1.54, 1.807) is 31.2 Å². The maximum Gasteiger partial charge on any atom is 0.264 e. The minimum atomic E-state index is -4.06. The first-order chi connectivity index (χ1) is 17.6. The second kappa shape index (κ2) is 12.5. The standard InChI is InChI=1S/C29H35N3O4S/c1-5-30-29(34)24(4)31(19-18-25-12-8-6-9-13-25)28(33)21-32(27-20-22(2)16-17-23(27)3)37(35,36)26-14-10-7-11-15-26/h6-17,20,24H,5,18-19,21H2,1-4H3,(H,30,34)/t24-/m0/s1. The maximum atomic E-state index is 13.8. The highest BCUT2D eigenvalue weighted by Crippen LogP contribution is 2.28. The normalized spacial score (nSPS) is 12.0. The molecule has 0 bridgehead atoms. The van der Waals surface area contributed by atoms with Crippen LogP contribution in [0.3, 0.4) is 0 Å². The van der Waals surface area contributed by atoms with Gasteiger partial charge >= 0.3 is 0 Å². The van der Waals surface area contributed by atoms with Gasteiger partial charge in [-0.05, 0) is 69.0 Å². The summed E-state index contributed by atoms with van der Waals surface area (Å²) in [7, 11) is -4.06. The number of anilines is 1. The van der Waals surface area contributed by atoms with Crippen LogP contribution in [0.15, 0.2) is 83.8 Å². The number of nitrogens with zero attached hydrogens (tertiary/aromatic N) is 2. The molecule has 3 aromatic rings. The van der Waals surface area contributed by atoms with Crippen LogP contribution in [0, 0.1) is 13.8 Å². The smallest absolute Gasteiger partial charge is 0.264 e. The molecule has 0 aliphatic heterocycles. The summed E-state index contributed by atoms with van der Waals surface area (Å²) >= 11 is 0. The van der Waals surface area contributed by atoms with Crippen LogP contribution in [-0.2, 0) is 26.0 Å². The molecule has 8 heteroatoms. The summed E-state index contributed by atoms with van der Waals surface area (Å²) in [6, 6.07) is 22.5. The Bertz CT molecular complexity index is 1310. The number of rotatable bonds is 11. The van der Waals surface area contributed by atoms with E-state index in [4.69, 9.17) is 0 Å². The molecule has 0 aliphatic rings. The van der Waals surface area contributed by atoms with Crippen molar-refractivity contribution in [3.05, 3.63) is 95.6 Å². The van der Waals surface area contributed by atoms with Crippen LogP contribution in [0.4, 0.5) is 5.69 Å². The third kappa shape index (κ3) is 6.98. The van der Waals surface area contributed by atoms with E-state index in [1.165, 1.54) is 17.0 Å². The van der Waals surface area contributed by atoms with Crippen molar-refractivity contribution in [1.82, 2.24) is 10.2 Å². The molecule has 0 radical (unpaired) electrons. The second-order valence-corrected chi connectivity index (χ2v) is 10.9. The topological polar surface area (TPSA) is 86.8 Å². The number of hydrogen-bond donors (Lipinski definition) is 1. The van der Waals surface area contributed by atoms with E-state index in [0.29, 0.717) is 18.7 Å². The molecule has 0 aromatic heterocycles. The number of carbonyl (C=O) groups excluding carboxylic acids is 2. The summed E-state index contributed by atoms with van der Waals surface area (Å²) in [5.74, 6) is -0.733. The number of carbonyl (C=O) groups is 2. The van der Waals surface area contributed by atoms with Crippen LogP contribution in [0.2, 0.25) is 0 Å². The zero-order valence-electron chi connectivity index (χ0n) is 21.8. The number of likely N-dealkylation sites (N-methyl/N-ethyl adjacent to an activating group) is 1. The van der Waals surface area contributed by atoms with E-state index >= 15 is 0 Å². The zero-order chi connectivity index (χ0) is 27.0. The van der Waals surface area contributed by atoms with E-state index in [2.05, 4.69) is 5.32 Å². The molecule has 0 aliphatic carbocycles. The third-order valence-electron chi connectivity index (χ3n) is 6.25. The Labute approximate surface area is 220 Å². The van der Waals surface area contributed by atoms with Gasteiger partial charge in [-0.15, -0.1) is 0 Å². The summed E-state index contributed by atoms with van der Waals surface area (Å²) in [5, 5.41) is 2.77. The molecule has 0 spiro atoms. The minimum Gasteiger partial charge on any atom is -0.355 e. The van der Waals surface area contributed by atoms with Gasteiger partial charge in [-0.25, -0.2) is 8.42 Å². The number of sulfonamides is 1. The van der Waals surface area contributed by atoms with Gasteiger partial charge in [0.2, 0.25) is 11.8 Å². The van der Waals surface area contributed by atoms with Gasteiger partial charge in [0.05, 0.1) is 10.6 Å². The largest absolute Gasteiger partial charge is 0.355 e. The van der Waals surface area contributed by atoms with Crippen molar-refractivity contribution in [3.63, 3.8) is 0 Å². The van der Waals surface area contributed by atoms with Crippen LogP contribution in [-0.4, -0.2) is 50.8 Å². The van der Waals surface area contributed by atoms with Crippen LogP contribution >= 0.6 is 0 Å². The molecule has 1 atom stereocenters. The highest BCUT2D eigenvalue weighted by Gasteiger charge is 2.32. The predicted octanol–water partition coefficient (Wildman–Crippen LogP) is 4.09. The average molecular weight is 522 g/mol. The Kier molecular flexibility index (Phi) is 9.47. The molecular weight excluding hydrogens is 486 g/mol. The van der Waals surface area contributed by atoms with Crippen LogP contribution in [0.25, 0.3) is 0 Å². The molecule has 0 saturated carbocycles. The molecule has 0 saturated heterocycles. The van der Waals surface area contributed by atoms with Gasteiger partial charge in [0.1, 0.15) is 12.6 Å². The predicted molar refractivity (Wildman–Crippen MR) is 147 cm³/mol. The van der Waals surface area contributed by atoms with Crippen LogP contribution in [0.5, 0.6) is 0 Å². The lowest BCUT2D eigenvalue weighted by molar-refractivity contribution is -0.138. The van der Waals surface area contributed by atoms with E-state index in [9.17, 15) is 18.0 Å². The van der Waals surface area contributed by atoms with E-state index < -0.39 is 28.5 Å². The Morgan fingerprint density at radius 2 is 1.54 bits per heavy atom. The number of amides is 2. The number of nitrogens with one attached hydrogen (secondary N) is 1. The van der Waals surface area contributed by atoms with Crippen molar-refractivity contribution in [2.24, 2.45) is 0 Å². The van der Waals surface area contributed by atoms with Crippen molar-refractivity contribution in [2.75, 3.05) is 23.9 Å². The highest BCUT2D eigenvalue weighted by molar-refractivity contribution is 7.92. The van der Waals surface area contributed by atoms with Crippen molar-refractivity contribution in [3.8, 4) is 0 Å². The molecule has 196 valence electrons. The van der Waals surface area contributed by atoms with Crippen LogP contribution < -0.4 is 9.62 Å². The molecule has 3 aromatic carbocycles. The van der Waals surface area contributed by atoms with Crippen molar-refractivity contribution in [1.29, 1.82) is 0 Å². The fourth-order valence-electron chi connectivity index (χ4n) is 4.11. The molecule has 0 fully saturated rings. The Morgan fingerprint density at radius 1 is 0.919 bits per heavy atom. The molecule has 3 rings (SSSR count). The lowest BCUT2D eigenvalue weighted by Crippen LogP contribution is -2.52. The summed E-state index contributed by atoms with van der Waals surface area (Å²) in [4.78, 5) is 28.1. The van der Waals surface area contributed by atoms with Crippen molar-refractivity contribution in [2.45, 2.75) is 45.1 Å². The lowest BCUT2D eigenvalue weighted by atomic mass is 10.1. The van der Waals surface area contributed by atoms with E-state index in [0.717, 1.165) is 21.0 Å². The Morgan fingerprint density at radius 3 is 2.16 bits per heavy atom. The second-order valence-electron chi connectivity index (χ2n) is 9.01. The van der Waals surface area contributed by atoms with Gasteiger partial charge < -0.3 is 10.2 Å². The molecule has 2 amide bonds. The van der Waals surface area contributed by atoms with Crippen molar-refractivity contribution < 1.29 is 18.0 Å². The number of aryl methyl sites for hydroxylation is 2. The van der Waals surface area contributed by atoms with Crippen molar-refractivity contribution >= 4 is 27.5 Å². The molecular formula is C29H35N3O4S. The Balaban J connectivity index is 2.00. The lowest BCUT2D eigenvalue weighted by Gasteiger charge is -2.32. The van der Waals surface area contributed by atoms with E-state index in [1.807, 2.05) is 63.2 Å². The van der Waals surface area contributed by atoms with Crippen LogP contribution in [0.1, 0.15) is 30.5 Å². The number of hydrogen-bond acceptors (Lipinski definition) is 4. The monoisotopic (exact) mass is 521 g/mol. The summed E-state index contributed by atoms with van der Waals surface area (Å²) in [6.45, 7) is 7.45. The molecule has 1 N–H and O–H groups in total. The number of benzene rings is 3. The summed E-state index contributed by atoms with van der Waals surface area (Å²) in [5.41, 5.74) is 3.06. The fourth-order valence-corrected chi connectivity index (χ4v) is 5.60. The first-order valence-corrected chi connectivity index (χ1v) is 13.8. The van der Waals surface area contributed by atoms with Gasteiger partial charge in [0.15, 0.2) is 0 Å². The van der Waals surface area contributed by atoms with Gasteiger partial charge in [-0.3, -0.25) is 13.9 Å². The minimum absolute atomic E-state index is 0.0938.